The van der Waals surface area contributed by atoms with Crippen LogP contribution in [0.3, 0.4) is 0 Å². The first kappa shape index (κ1) is 17.7. The molecule has 2 heterocycles. The molecule has 3 rings (SSSR count). The van der Waals surface area contributed by atoms with E-state index in [0.717, 1.165) is 0 Å². The van der Waals surface area contributed by atoms with E-state index in [-0.39, 0.29) is 12.5 Å². The normalized spacial score (nSPS) is 20.4. The maximum atomic E-state index is 12.8. The van der Waals surface area contributed by atoms with Crippen molar-refractivity contribution in [3.05, 3.63) is 47.8 Å². The number of ether oxygens (including phenoxy) is 1. The number of aromatic nitrogens is 2. The number of benzene rings is 1. The molecule has 1 amide bonds. The van der Waals surface area contributed by atoms with Gasteiger partial charge in [0, 0.05) is 24.5 Å². The van der Waals surface area contributed by atoms with Crippen LogP contribution < -0.4 is 4.74 Å². The van der Waals surface area contributed by atoms with Gasteiger partial charge in [-0.05, 0) is 25.2 Å². The monoisotopic (exact) mass is 359 g/mol. The largest absolute Gasteiger partial charge is 0.496 e. The number of likely N-dealkylation sites (tertiary alicyclic amines) is 1. The fourth-order valence-electron chi connectivity index (χ4n) is 3.17. The zero-order valence-corrected chi connectivity index (χ0v) is 15.1. The molecule has 1 aromatic heterocycles. The van der Waals surface area contributed by atoms with Crippen molar-refractivity contribution in [2.75, 3.05) is 26.5 Å². The Morgan fingerprint density at radius 1 is 1.32 bits per heavy atom. The summed E-state index contributed by atoms with van der Waals surface area (Å²) >= 11 is 1.42. The Labute approximate surface area is 151 Å². The van der Waals surface area contributed by atoms with E-state index in [0.29, 0.717) is 41.4 Å². The molecule has 7 heteroatoms. The van der Waals surface area contributed by atoms with Crippen LogP contribution in [0.15, 0.2) is 41.8 Å². The molecule has 6 nitrogen and oxygen atoms in total. The van der Waals surface area contributed by atoms with Gasteiger partial charge in [-0.25, -0.2) is 9.97 Å². The summed E-state index contributed by atoms with van der Waals surface area (Å²) in [7, 11) is 1.58. The van der Waals surface area contributed by atoms with Gasteiger partial charge in [-0.3, -0.25) is 4.79 Å². The van der Waals surface area contributed by atoms with E-state index in [1.807, 2.05) is 30.5 Å². The van der Waals surface area contributed by atoms with Crippen LogP contribution in [0, 0.1) is 0 Å². The van der Waals surface area contributed by atoms with Crippen molar-refractivity contribution in [1.29, 1.82) is 0 Å². The molecule has 1 N–H and O–H groups in total. The van der Waals surface area contributed by atoms with E-state index in [1.165, 1.54) is 24.2 Å². The summed E-state index contributed by atoms with van der Waals surface area (Å²) in [5.74, 6) is 0.465. The molecule has 0 unspecified atom stereocenters. The molecule has 25 heavy (non-hydrogen) atoms. The smallest absolute Gasteiger partial charge is 0.257 e. The first-order valence-electron chi connectivity index (χ1n) is 8.08. The molecule has 0 bridgehead atoms. The van der Waals surface area contributed by atoms with Gasteiger partial charge in [-0.15, -0.1) is 0 Å². The number of carbonyl (C=O) groups is 1. The maximum absolute atomic E-state index is 12.8. The average molecular weight is 359 g/mol. The minimum absolute atomic E-state index is 0.166. The number of hydrogen-bond acceptors (Lipinski definition) is 6. The van der Waals surface area contributed by atoms with E-state index in [1.54, 1.807) is 12.0 Å². The lowest BCUT2D eigenvalue weighted by molar-refractivity contribution is -0.0303. The molecule has 1 aliphatic rings. The highest BCUT2D eigenvalue weighted by atomic mass is 32.2. The van der Waals surface area contributed by atoms with Crippen molar-refractivity contribution in [3.8, 4) is 5.75 Å². The number of carbonyl (C=O) groups excluding carboxylic acids is 1. The Kier molecular flexibility index (Phi) is 5.24. The quantitative estimate of drug-likeness (QED) is 0.667. The Hall–Kier alpha value is -2.12. The summed E-state index contributed by atoms with van der Waals surface area (Å²) in [5.41, 5.74) is 0.0201. The van der Waals surface area contributed by atoms with E-state index in [4.69, 9.17) is 4.74 Å². The molecule has 0 radical (unpaired) electrons. The number of β-amino-alcohol motifs (C(OH)–C–C–N with tert-alkyl or cyclic N) is 1. The van der Waals surface area contributed by atoms with Crippen molar-refractivity contribution in [2.24, 2.45) is 0 Å². The van der Waals surface area contributed by atoms with Crippen molar-refractivity contribution in [2.45, 2.75) is 23.6 Å². The van der Waals surface area contributed by atoms with E-state index >= 15 is 0 Å². The van der Waals surface area contributed by atoms with Gasteiger partial charge in [0.1, 0.15) is 11.4 Å². The number of para-hydroxylation sites is 1. The summed E-state index contributed by atoms with van der Waals surface area (Å²) in [6.07, 6.45) is 6.26. The van der Waals surface area contributed by atoms with E-state index < -0.39 is 5.60 Å². The maximum Gasteiger partial charge on any atom is 0.257 e. The third kappa shape index (κ3) is 3.62. The van der Waals surface area contributed by atoms with Gasteiger partial charge < -0.3 is 14.7 Å². The average Bonchev–Trinajstić information content (AvgIpc) is 2.67. The minimum Gasteiger partial charge on any atom is -0.496 e. The lowest BCUT2D eigenvalue weighted by Crippen LogP contribution is -2.48. The third-order valence-electron chi connectivity index (χ3n) is 4.42. The molecule has 2 aromatic rings. The Balaban J connectivity index is 1.83. The van der Waals surface area contributed by atoms with Crippen LogP contribution in [-0.4, -0.2) is 52.3 Å². The van der Waals surface area contributed by atoms with Crippen LogP contribution in [0.25, 0.3) is 0 Å². The molecule has 132 valence electrons. The molecule has 0 saturated carbocycles. The lowest BCUT2D eigenvalue weighted by atomic mass is 9.85. The number of amides is 1. The Bertz CT molecular complexity index is 753. The number of thioether (sulfide) groups is 1. The summed E-state index contributed by atoms with van der Waals surface area (Å²) in [4.78, 5) is 22.7. The molecule has 0 aliphatic carbocycles. The molecule has 1 atom stereocenters. The Morgan fingerprint density at radius 3 is 2.72 bits per heavy atom. The molecule has 1 aromatic carbocycles. The second-order valence-electron chi connectivity index (χ2n) is 6.02. The number of methoxy groups -OCH3 is 1. The summed E-state index contributed by atoms with van der Waals surface area (Å²) in [6.45, 7) is 0.817. The number of piperidine rings is 1. The lowest BCUT2D eigenvalue weighted by Gasteiger charge is -2.40. The van der Waals surface area contributed by atoms with E-state index in [2.05, 4.69) is 9.97 Å². The number of hydrogen-bond donors (Lipinski definition) is 1. The fourth-order valence-corrected chi connectivity index (χ4v) is 3.49. The first-order valence-corrected chi connectivity index (χ1v) is 9.31. The van der Waals surface area contributed by atoms with Gasteiger partial charge in [0.05, 0.1) is 19.2 Å². The van der Waals surface area contributed by atoms with Crippen LogP contribution in [0.1, 0.15) is 28.8 Å². The zero-order chi connectivity index (χ0) is 17.9. The minimum atomic E-state index is -1.12. The van der Waals surface area contributed by atoms with Crippen LogP contribution >= 0.6 is 11.8 Å². The molecular formula is C18H21N3O3S. The van der Waals surface area contributed by atoms with Crippen LogP contribution in [0.2, 0.25) is 0 Å². The summed E-state index contributed by atoms with van der Waals surface area (Å²) < 4.78 is 5.38. The number of aliphatic hydroxyl groups is 1. The third-order valence-corrected chi connectivity index (χ3v) is 5.00. The summed E-state index contributed by atoms with van der Waals surface area (Å²) in [6, 6.07) is 7.40. The van der Waals surface area contributed by atoms with Gasteiger partial charge in [0.25, 0.3) is 5.91 Å². The van der Waals surface area contributed by atoms with Crippen molar-refractivity contribution in [3.63, 3.8) is 0 Å². The standard InChI is InChI=1S/C18H21N3O3S/c1-24-15-7-4-3-6-14(15)18(23)8-5-9-21(12-18)16(22)13-10-19-17(25-2)20-11-13/h3-4,6-7,10-11,23H,5,8-9,12H2,1-2H3/t18-/m1/s1. The van der Waals surface area contributed by atoms with Gasteiger partial charge in [0.2, 0.25) is 0 Å². The highest BCUT2D eigenvalue weighted by Crippen LogP contribution is 2.37. The van der Waals surface area contributed by atoms with Gasteiger partial charge in [0.15, 0.2) is 5.16 Å². The first-order chi connectivity index (χ1) is 12.1. The highest BCUT2D eigenvalue weighted by molar-refractivity contribution is 7.98. The predicted molar refractivity (Wildman–Crippen MR) is 95.8 cm³/mol. The summed E-state index contributed by atoms with van der Waals surface area (Å²) in [5, 5.41) is 11.8. The molecule has 1 saturated heterocycles. The fraction of sp³-hybridized carbons (Fsp3) is 0.389. The SMILES string of the molecule is COc1ccccc1[C@@]1(O)CCCN(C(=O)c2cnc(SC)nc2)C1. The van der Waals surface area contributed by atoms with Gasteiger partial charge in [-0.1, -0.05) is 30.0 Å². The number of rotatable bonds is 4. The van der Waals surface area contributed by atoms with E-state index in [9.17, 15) is 9.90 Å². The van der Waals surface area contributed by atoms with Crippen molar-refractivity contribution >= 4 is 17.7 Å². The Morgan fingerprint density at radius 2 is 2.04 bits per heavy atom. The molecule has 1 aliphatic heterocycles. The topological polar surface area (TPSA) is 75.6 Å². The molecule has 1 fully saturated rings. The van der Waals surface area contributed by atoms with Gasteiger partial charge in [-0.2, -0.15) is 0 Å². The van der Waals surface area contributed by atoms with Crippen LogP contribution in [0.4, 0.5) is 0 Å². The molecular weight excluding hydrogens is 338 g/mol. The van der Waals surface area contributed by atoms with Crippen molar-refractivity contribution in [1.82, 2.24) is 14.9 Å². The number of nitrogens with zero attached hydrogens (tertiary/aromatic N) is 3. The van der Waals surface area contributed by atoms with Crippen molar-refractivity contribution < 1.29 is 14.6 Å². The predicted octanol–water partition coefficient (Wildman–Crippen LogP) is 2.33. The second kappa shape index (κ2) is 7.41. The zero-order valence-electron chi connectivity index (χ0n) is 14.3. The molecule has 0 spiro atoms. The second-order valence-corrected chi connectivity index (χ2v) is 6.79. The van der Waals surface area contributed by atoms with Crippen LogP contribution in [0.5, 0.6) is 5.75 Å². The highest BCUT2D eigenvalue weighted by Gasteiger charge is 2.38. The van der Waals surface area contributed by atoms with Gasteiger partial charge >= 0.3 is 0 Å². The van der Waals surface area contributed by atoms with Crippen LogP contribution in [-0.2, 0) is 5.60 Å².